The van der Waals surface area contributed by atoms with E-state index in [9.17, 15) is 10.2 Å². The maximum atomic E-state index is 10.6. The number of aliphatic hydroxyl groups is 1. The Morgan fingerprint density at radius 3 is 2.83 bits per heavy atom. The Balaban J connectivity index is 1.85. The number of phenols is 1. The van der Waals surface area contributed by atoms with Crippen molar-refractivity contribution in [2.24, 2.45) is 11.3 Å². The largest absolute Gasteiger partial charge is 0.508 e. The molecule has 2 heteroatoms. The van der Waals surface area contributed by atoms with E-state index in [1.165, 1.54) is 24.0 Å². The highest BCUT2D eigenvalue weighted by Gasteiger charge is 2.56. The molecule has 4 rings (SSSR count). The van der Waals surface area contributed by atoms with Crippen LogP contribution in [0.25, 0.3) is 0 Å². The van der Waals surface area contributed by atoms with Crippen LogP contribution in [-0.2, 0) is 11.8 Å². The number of hydrogen-bond acceptors (Lipinski definition) is 2. The van der Waals surface area contributed by atoms with Gasteiger partial charge in [-0.2, -0.15) is 0 Å². The molecule has 0 amide bonds. The average Bonchev–Trinajstić information content (AvgIpc) is 2.83. The summed E-state index contributed by atoms with van der Waals surface area (Å²) in [7, 11) is 0. The lowest BCUT2D eigenvalue weighted by molar-refractivity contribution is 0.0153. The van der Waals surface area contributed by atoms with Crippen LogP contribution in [0, 0.1) is 11.3 Å². The van der Waals surface area contributed by atoms with Gasteiger partial charge >= 0.3 is 0 Å². The van der Waals surface area contributed by atoms with Crippen molar-refractivity contribution in [3.05, 3.63) is 41.0 Å². The van der Waals surface area contributed by atoms with Crippen LogP contribution < -0.4 is 0 Å². The summed E-state index contributed by atoms with van der Waals surface area (Å²) in [6.45, 7) is 4.58. The molecule has 0 bridgehead atoms. The van der Waals surface area contributed by atoms with Gasteiger partial charge in [0.1, 0.15) is 5.75 Å². The molecule has 0 spiro atoms. The van der Waals surface area contributed by atoms with Crippen LogP contribution in [0.2, 0.25) is 0 Å². The minimum atomic E-state index is -0.144. The summed E-state index contributed by atoms with van der Waals surface area (Å²) in [6.07, 6.45) is 9.89. The van der Waals surface area contributed by atoms with Gasteiger partial charge in [0.25, 0.3) is 0 Å². The standard InChI is InChI=1S/C21H28O2/c1-3-10-21-12-11-20(2)17(8-9-19(20)23)18(21)6-4-14-13-15(22)5-7-16(14)21/h5-7,13,17,19,22-23H,3-4,8-12H2,1-2H3/t17-,19-,20-,21+/m0/s1. The van der Waals surface area contributed by atoms with Crippen LogP contribution in [0.4, 0.5) is 0 Å². The number of aliphatic hydroxyl groups excluding tert-OH is 1. The van der Waals surface area contributed by atoms with Gasteiger partial charge in [0, 0.05) is 10.8 Å². The van der Waals surface area contributed by atoms with Crippen molar-refractivity contribution in [2.45, 2.75) is 70.3 Å². The molecule has 1 aromatic carbocycles. The van der Waals surface area contributed by atoms with Crippen LogP contribution in [-0.4, -0.2) is 16.3 Å². The van der Waals surface area contributed by atoms with Gasteiger partial charge in [-0.25, -0.2) is 0 Å². The molecule has 2 fully saturated rings. The lowest BCUT2D eigenvalue weighted by Gasteiger charge is -2.53. The third kappa shape index (κ3) is 1.97. The fourth-order valence-electron chi connectivity index (χ4n) is 5.92. The lowest BCUT2D eigenvalue weighted by Crippen LogP contribution is -2.47. The molecule has 2 nitrogen and oxygen atoms in total. The van der Waals surface area contributed by atoms with Crippen molar-refractivity contribution < 1.29 is 10.2 Å². The van der Waals surface area contributed by atoms with Crippen molar-refractivity contribution in [1.29, 1.82) is 0 Å². The van der Waals surface area contributed by atoms with E-state index < -0.39 is 0 Å². The van der Waals surface area contributed by atoms with Gasteiger partial charge in [-0.15, -0.1) is 0 Å². The number of allylic oxidation sites excluding steroid dienone is 2. The lowest BCUT2D eigenvalue weighted by atomic mass is 9.51. The Bertz CT molecular complexity index is 662. The number of aromatic hydroxyl groups is 1. The molecule has 2 N–H and O–H groups in total. The highest BCUT2D eigenvalue weighted by atomic mass is 16.3. The molecule has 0 saturated heterocycles. The summed E-state index contributed by atoms with van der Waals surface area (Å²) in [5.41, 5.74) is 4.55. The fourth-order valence-corrected chi connectivity index (χ4v) is 5.92. The van der Waals surface area contributed by atoms with E-state index >= 15 is 0 Å². The summed E-state index contributed by atoms with van der Waals surface area (Å²) in [5, 5.41) is 20.4. The average molecular weight is 312 g/mol. The zero-order valence-electron chi connectivity index (χ0n) is 14.3. The van der Waals surface area contributed by atoms with Crippen LogP contribution in [0.5, 0.6) is 5.75 Å². The molecule has 3 aliphatic rings. The topological polar surface area (TPSA) is 40.5 Å². The first-order valence-electron chi connectivity index (χ1n) is 9.22. The van der Waals surface area contributed by atoms with E-state index in [1.54, 1.807) is 5.57 Å². The van der Waals surface area contributed by atoms with Crippen LogP contribution >= 0.6 is 0 Å². The molecule has 1 aromatic rings. The third-order valence-electron chi connectivity index (χ3n) is 7.13. The van der Waals surface area contributed by atoms with E-state index in [0.717, 1.165) is 32.1 Å². The third-order valence-corrected chi connectivity index (χ3v) is 7.13. The summed E-state index contributed by atoms with van der Waals surface area (Å²) in [6, 6.07) is 5.98. The van der Waals surface area contributed by atoms with Crippen molar-refractivity contribution in [1.82, 2.24) is 0 Å². The highest BCUT2D eigenvalue weighted by Crippen LogP contribution is 2.63. The zero-order valence-corrected chi connectivity index (χ0v) is 14.3. The SMILES string of the molecule is CCC[C@]12CC[C@]3(C)[C@@H](O)CC[C@H]3C1=CCc1cc(O)ccc12. The van der Waals surface area contributed by atoms with Gasteiger partial charge in [-0.3, -0.25) is 0 Å². The van der Waals surface area contributed by atoms with E-state index in [4.69, 9.17) is 0 Å². The molecule has 0 aromatic heterocycles. The summed E-state index contributed by atoms with van der Waals surface area (Å²) in [5.74, 6) is 0.906. The van der Waals surface area contributed by atoms with Crippen LogP contribution in [0.3, 0.4) is 0 Å². The smallest absolute Gasteiger partial charge is 0.115 e. The van der Waals surface area contributed by atoms with Crippen molar-refractivity contribution in [3.8, 4) is 5.75 Å². The maximum absolute atomic E-state index is 10.6. The number of phenolic OH excluding ortho intramolecular Hbond substituents is 1. The number of hydrogen-bond donors (Lipinski definition) is 2. The first-order chi connectivity index (χ1) is 11.0. The normalized spacial score (nSPS) is 38.5. The second kappa shape index (κ2) is 5.11. The Hall–Kier alpha value is -1.28. The summed E-state index contributed by atoms with van der Waals surface area (Å²) < 4.78 is 0. The van der Waals surface area contributed by atoms with Crippen molar-refractivity contribution in [3.63, 3.8) is 0 Å². The first-order valence-corrected chi connectivity index (χ1v) is 9.22. The molecule has 0 unspecified atom stereocenters. The van der Waals surface area contributed by atoms with Gasteiger partial charge in [0.15, 0.2) is 0 Å². The predicted molar refractivity (Wildman–Crippen MR) is 92.6 cm³/mol. The zero-order chi connectivity index (χ0) is 16.2. The van der Waals surface area contributed by atoms with Crippen LogP contribution in [0.1, 0.15) is 63.5 Å². The maximum Gasteiger partial charge on any atom is 0.115 e. The number of rotatable bonds is 2. The van der Waals surface area contributed by atoms with Crippen molar-refractivity contribution >= 4 is 0 Å². The van der Waals surface area contributed by atoms with Crippen molar-refractivity contribution in [2.75, 3.05) is 0 Å². The first kappa shape index (κ1) is 15.3. The molecular formula is C21H28O2. The van der Waals surface area contributed by atoms with Gasteiger partial charge in [-0.1, -0.05) is 38.0 Å². The summed E-state index contributed by atoms with van der Waals surface area (Å²) in [4.78, 5) is 0. The molecule has 3 aliphatic carbocycles. The van der Waals surface area contributed by atoms with E-state index in [1.807, 2.05) is 12.1 Å². The predicted octanol–water partition coefficient (Wildman–Crippen LogP) is 4.48. The van der Waals surface area contributed by atoms with Gasteiger partial charge in [-0.05, 0) is 67.7 Å². The Morgan fingerprint density at radius 1 is 1.22 bits per heavy atom. The monoisotopic (exact) mass is 312 g/mol. The van der Waals surface area contributed by atoms with E-state index in [-0.39, 0.29) is 16.9 Å². The number of benzene rings is 1. The van der Waals surface area contributed by atoms with Gasteiger partial charge in [0.05, 0.1) is 6.10 Å². The van der Waals surface area contributed by atoms with E-state index in [2.05, 4.69) is 26.0 Å². The minimum Gasteiger partial charge on any atom is -0.508 e. The highest BCUT2D eigenvalue weighted by molar-refractivity contribution is 5.51. The second-order valence-electron chi connectivity index (χ2n) is 8.19. The van der Waals surface area contributed by atoms with E-state index in [0.29, 0.717) is 11.7 Å². The minimum absolute atomic E-state index is 0.0670. The summed E-state index contributed by atoms with van der Waals surface area (Å²) >= 11 is 0. The molecule has 0 radical (unpaired) electrons. The molecule has 23 heavy (non-hydrogen) atoms. The Kier molecular flexibility index (Phi) is 3.39. The quantitative estimate of drug-likeness (QED) is 0.790. The molecule has 0 heterocycles. The Morgan fingerprint density at radius 2 is 2.04 bits per heavy atom. The fraction of sp³-hybridized carbons (Fsp3) is 0.619. The molecule has 0 aliphatic heterocycles. The molecule has 124 valence electrons. The Labute approximate surface area is 139 Å². The second-order valence-corrected chi connectivity index (χ2v) is 8.19. The number of fused-ring (bicyclic) bond motifs is 5. The van der Waals surface area contributed by atoms with Crippen LogP contribution in [0.15, 0.2) is 29.8 Å². The molecule has 4 atom stereocenters. The van der Waals surface area contributed by atoms with Gasteiger partial charge in [0.2, 0.25) is 0 Å². The van der Waals surface area contributed by atoms with Gasteiger partial charge < -0.3 is 10.2 Å². The molecule has 2 saturated carbocycles. The molecular weight excluding hydrogens is 284 g/mol.